The van der Waals surface area contributed by atoms with Crippen molar-refractivity contribution < 1.29 is 13.2 Å². The third-order valence-corrected chi connectivity index (χ3v) is 7.13. The second-order valence-corrected chi connectivity index (χ2v) is 10.5. The number of nitrogens with one attached hydrogen (secondary N) is 1. The fourth-order valence-electron chi connectivity index (χ4n) is 3.65. The first-order valence-electron chi connectivity index (χ1n) is 11.3. The number of halogens is 2. The molecule has 0 aliphatic rings. The first-order valence-corrected chi connectivity index (χ1v) is 13.6. The van der Waals surface area contributed by atoms with E-state index in [1.807, 2.05) is 59.3 Å². The highest BCUT2D eigenvalue weighted by atomic mass is 35.5. The summed E-state index contributed by atoms with van der Waals surface area (Å²) in [5.74, 6) is -0.198. The van der Waals surface area contributed by atoms with Crippen molar-refractivity contribution in [3.05, 3.63) is 123 Å². The molecule has 0 bridgehead atoms. The Morgan fingerprint density at radius 3 is 2.30 bits per heavy atom. The molecular formula is C28H23Cl2N3O3S. The summed E-state index contributed by atoms with van der Waals surface area (Å²) in [6.07, 6.45) is 3.94. The van der Waals surface area contributed by atoms with E-state index in [4.69, 9.17) is 23.2 Å². The lowest BCUT2D eigenvalue weighted by Gasteiger charge is -2.12. The SMILES string of the molecule is Cc1nc(Cl)c(C=CC(=O)NS(=O)(=O)C=Cc2ccccc2)n1Cc1ccc(-c2ccccc2)cc1Cl. The fraction of sp³-hybridized carbons (Fsp3) is 0.0714. The molecule has 4 aromatic rings. The smallest absolute Gasteiger partial charge is 0.257 e. The first-order chi connectivity index (χ1) is 17.7. The van der Waals surface area contributed by atoms with Gasteiger partial charge in [-0.25, -0.2) is 18.1 Å². The molecule has 1 amide bonds. The number of sulfonamides is 1. The minimum atomic E-state index is -3.98. The zero-order chi connectivity index (χ0) is 26.4. The average Bonchev–Trinajstić information content (AvgIpc) is 3.15. The van der Waals surface area contributed by atoms with Crippen LogP contribution in [0.15, 0.2) is 90.3 Å². The number of carbonyl (C=O) groups excluding carboxylic acids is 1. The predicted molar refractivity (Wildman–Crippen MR) is 150 cm³/mol. The molecule has 0 aliphatic heterocycles. The van der Waals surface area contributed by atoms with E-state index in [1.54, 1.807) is 35.8 Å². The molecule has 0 spiro atoms. The minimum absolute atomic E-state index is 0.186. The monoisotopic (exact) mass is 551 g/mol. The maximum atomic E-state index is 12.4. The lowest BCUT2D eigenvalue weighted by Crippen LogP contribution is -2.26. The highest BCUT2D eigenvalue weighted by Crippen LogP contribution is 2.28. The van der Waals surface area contributed by atoms with Crippen molar-refractivity contribution in [2.24, 2.45) is 0 Å². The first kappa shape index (κ1) is 26.4. The van der Waals surface area contributed by atoms with Crippen molar-refractivity contribution in [1.82, 2.24) is 14.3 Å². The van der Waals surface area contributed by atoms with Gasteiger partial charge in [0.1, 0.15) is 5.82 Å². The van der Waals surface area contributed by atoms with Crippen molar-refractivity contribution in [2.45, 2.75) is 13.5 Å². The van der Waals surface area contributed by atoms with E-state index >= 15 is 0 Å². The summed E-state index contributed by atoms with van der Waals surface area (Å²) < 4.78 is 28.3. The Morgan fingerprint density at radius 1 is 0.946 bits per heavy atom. The van der Waals surface area contributed by atoms with Crippen LogP contribution in [0, 0.1) is 6.92 Å². The van der Waals surface area contributed by atoms with Gasteiger partial charge < -0.3 is 4.57 Å². The molecule has 0 saturated heterocycles. The molecule has 188 valence electrons. The summed E-state index contributed by atoms with van der Waals surface area (Å²) in [6, 6.07) is 24.6. The van der Waals surface area contributed by atoms with Gasteiger partial charge in [-0.2, -0.15) is 0 Å². The molecule has 0 aliphatic carbocycles. The van der Waals surface area contributed by atoms with E-state index in [-0.39, 0.29) is 5.15 Å². The van der Waals surface area contributed by atoms with E-state index in [0.29, 0.717) is 28.6 Å². The molecule has 37 heavy (non-hydrogen) atoms. The Hall–Kier alpha value is -3.65. The van der Waals surface area contributed by atoms with Crippen LogP contribution in [0.3, 0.4) is 0 Å². The average molecular weight is 552 g/mol. The van der Waals surface area contributed by atoms with Crippen LogP contribution in [0.2, 0.25) is 10.2 Å². The van der Waals surface area contributed by atoms with Crippen LogP contribution in [0.5, 0.6) is 0 Å². The second kappa shape index (κ2) is 11.6. The van der Waals surface area contributed by atoms with E-state index in [0.717, 1.165) is 28.2 Å². The molecule has 0 atom stereocenters. The predicted octanol–water partition coefficient (Wildman–Crippen LogP) is 6.34. The zero-order valence-corrected chi connectivity index (χ0v) is 22.1. The number of rotatable bonds is 8. The standard InChI is InChI=1S/C28H23Cl2N3O3S/c1-20-31-28(30)26(14-15-27(34)32-37(35,36)17-16-21-8-4-2-5-9-21)33(20)19-24-13-12-23(18-25(24)29)22-10-6-3-7-11-22/h2-18H,19H2,1H3,(H,32,34). The van der Waals surface area contributed by atoms with Crippen LogP contribution in [-0.4, -0.2) is 23.9 Å². The number of carbonyl (C=O) groups is 1. The van der Waals surface area contributed by atoms with Crippen LogP contribution < -0.4 is 4.72 Å². The normalized spacial score (nSPS) is 11.9. The fourth-order valence-corrected chi connectivity index (χ4v) is 4.94. The van der Waals surface area contributed by atoms with Gasteiger partial charge in [0.2, 0.25) is 0 Å². The summed E-state index contributed by atoms with van der Waals surface area (Å²) in [6.45, 7) is 2.15. The lowest BCUT2D eigenvalue weighted by atomic mass is 10.0. The van der Waals surface area contributed by atoms with Crippen LogP contribution >= 0.6 is 23.2 Å². The molecule has 0 fully saturated rings. The van der Waals surface area contributed by atoms with Crippen LogP contribution in [-0.2, 0) is 21.4 Å². The van der Waals surface area contributed by atoms with Gasteiger partial charge in [0.25, 0.3) is 15.9 Å². The molecule has 4 rings (SSSR count). The number of imidazole rings is 1. The Labute approximate surface area is 225 Å². The third kappa shape index (κ3) is 6.98. The van der Waals surface area contributed by atoms with Crippen molar-refractivity contribution in [2.75, 3.05) is 0 Å². The summed E-state index contributed by atoms with van der Waals surface area (Å²) in [5, 5.41) is 1.70. The number of hydrogen-bond acceptors (Lipinski definition) is 4. The van der Waals surface area contributed by atoms with Gasteiger partial charge in [0, 0.05) is 11.1 Å². The maximum absolute atomic E-state index is 12.4. The number of aromatic nitrogens is 2. The van der Waals surface area contributed by atoms with Gasteiger partial charge in [-0.1, -0.05) is 96.0 Å². The molecule has 1 N–H and O–H groups in total. The molecule has 9 heteroatoms. The number of hydrogen-bond donors (Lipinski definition) is 1. The van der Waals surface area contributed by atoms with Crippen molar-refractivity contribution in [1.29, 1.82) is 0 Å². The molecule has 6 nitrogen and oxygen atoms in total. The lowest BCUT2D eigenvalue weighted by molar-refractivity contribution is -0.114. The third-order valence-electron chi connectivity index (χ3n) is 5.52. The van der Waals surface area contributed by atoms with Gasteiger partial charge >= 0.3 is 0 Å². The van der Waals surface area contributed by atoms with Crippen molar-refractivity contribution >= 4 is 51.3 Å². The number of benzene rings is 3. The molecule has 3 aromatic carbocycles. The Kier molecular flexibility index (Phi) is 8.28. The topological polar surface area (TPSA) is 81.1 Å². The van der Waals surface area contributed by atoms with Crippen LogP contribution in [0.4, 0.5) is 0 Å². The number of nitrogens with zero attached hydrogens (tertiary/aromatic N) is 2. The Morgan fingerprint density at radius 2 is 1.62 bits per heavy atom. The zero-order valence-electron chi connectivity index (χ0n) is 19.8. The number of aryl methyl sites for hydroxylation is 1. The van der Waals surface area contributed by atoms with Gasteiger partial charge in [0.15, 0.2) is 5.15 Å². The molecule has 1 heterocycles. The summed E-state index contributed by atoms with van der Waals surface area (Å²) in [4.78, 5) is 16.6. The molecule has 0 radical (unpaired) electrons. The highest BCUT2D eigenvalue weighted by molar-refractivity contribution is 7.93. The molecule has 1 aromatic heterocycles. The second-order valence-electron chi connectivity index (χ2n) is 8.15. The van der Waals surface area contributed by atoms with Crippen molar-refractivity contribution in [3.63, 3.8) is 0 Å². The van der Waals surface area contributed by atoms with E-state index in [9.17, 15) is 13.2 Å². The Balaban J connectivity index is 1.50. The van der Waals surface area contributed by atoms with Gasteiger partial charge in [-0.05, 0) is 47.4 Å². The van der Waals surface area contributed by atoms with Crippen LogP contribution in [0.1, 0.15) is 22.6 Å². The summed E-state index contributed by atoms with van der Waals surface area (Å²) in [7, 11) is -3.98. The Bertz CT molecular complexity index is 1580. The summed E-state index contributed by atoms with van der Waals surface area (Å²) >= 11 is 12.9. The minimum Gasteiger partial charge on any atom is -0.323 e. The van der Waals surface area contributed by atoms with Crippen molar-refractivity contribution in [3.8, 4) is 11.1 Å². The number of amides is 1. The molecular weight excluding hydrogens is 529 g/mol. The quantitative estimate of drug-likeness (QED) is 0.259. The molecule has 0 unspecified atom stereocenters. The van der Waals surface area contributed by atoms with E-state index in [2.05, 4.69) is 4.98 Å². The van der Waals surface area contributed by atoms with E-state index < -0.39 is 15.9 Å². The highest BCUT2D eigenvalue weighted by Gasteiger charge is 2.15. The van der Waals surface area contributed by atoms with Gasteiger partial charge in [-0.3, -0.25) is 4.79 Å². The van der Waals surface area contributed by atoms with E-state index in [1.165, 1.54) is 12.2 Å². The van der Waals surface area contributed by atoms with Gasteiger partial charge in [-0.15, -0.1) is 0 Å². The van der Waals surface area contributed by atoms with Crippen LogP contribution in [0.25, 0.3) is 23.3 Å². The summed E-state index contributed by atoms with van der Waals surface area (Å²) in [5.41, 5.74) is 4.04. The largest absolute Gasteiger partial charge is 0.323 e. The molecule has 0 saturated carbocycles. The van der Waals surface area contributed by atoms with Gasteiger partial charge in [0.05, 0.1) is 17.6 Å². The maximum Gasteiger partial charge on any atom is 0.257 e.